The molecule has 0 bridgehead atoms. The molecule has 0 saturated carbocycles. The van der Waals surface area contributed by atoms with Gasteiger partial charge in [-0.1, -0.05) is 12.1 Å². The number of hydrogen-bond donors (Lipinski definition) is 1. The molecule has 0 radical (unpaired) electrons. The van der Waals surface area contributed by atoms with Crippen LogP contribution in [0.4, 0.5) is 10.5 Å². The number of cyclic esters (lactones) is 1. The molecule has 0 aliphatic carbocycles. The number of nitrogens with one attached hydrogen (secondary N) is 1. The Labute approximate surface area is 135 Å². The van der Waals surface area contributed by atoms with Gasteiger partial charge in [0.15, 0.2) is 0 Å². The van der Waals surface area contributed by atoms with Gasteiger partial charge in [-0.2, -0.15) is 0 Å². The van der Waals surface area contributed by atoms with Gasteiger partial charge in [0.2, 0.25) is 0 Å². The lowest BCUT2D eigenvalue weighted by Gasteiger charge is -2.24. The highest BCUT2D eigenvalue weighted by Gasteiger charge is 2.31. The summed E-state index contributed by atoms with van der Waals surface area (Å²) in [6.45, 7) is 7.02. The zero-order valence-corrected chi connectivity index (χ0v) is 13.7. The van der Waals surface area contributed by atoms with Crippen molar-refractivity contribution in [3.05, 3.63) is 29.3 Å². The van der Waals surface area contributed by atoms with Crippen LogP contribution in [0, 0.1) is 0 Å². The smallest absolute Gasteiger partial charge is 0.410 e. The molecule has 6 nitrogen and oxygen atoms in total. The molecule has 2 aliphatic heterocycles. The first kappa shape index (κ1) is 15.6. The average Bonchev–Trinajstić information content (AvgIpc) is 3.04. The molecular weight excluding hydrogens is 296 g/mol. The summed E-state index contributed by atoms with van der Waals surface area (Å²) in [4.78, 5) is 25.6. The predicted molar refractivity (Wildman–Crippen MR) is 84.9 cm³/mol. The van der Waals surface area contributed by atoms with Crippen LogP contribution in [0.5, 0.6) is 0 Å². The summed E-state index contributed by atoms with van der Waals surface area (Å²) < 4.78 is 10.4. The number of esters is 1. The third-order valence-corrected chi connectivity index (χ3v) is 3.90. The molecule has 1 aromatic carbocycles. The van der Waals surface area contributed by atoms with Crippen molar-refractivity contribution in [2.75, 3.05) is 11.9 Å². The van der Waals surface area contributed by atoms with Crippen molar-refractivity contribution in [1.82, 2.24) is 4.90 Å². The summed E-state index contributed by atoms with van der Waals surface area (Å²) in [5, 5.41) is 3.25. The van der Waals surface area contributed by atoms with Crippen molar-refractivity contribution in [3.8, 4) is 0 Å². The molecule has 1 unspecified atom stereocenters. The van der Waals surface area contributed by atoms with Crippen LogP contribution in [0.25, 0.3) is 0 Å². The number of fused-ring (bicyclic) bond motifs is 1. The molecule has 1 N–H and O–H groups in total. The van der Waals surface area contributed by atoms with Crippen molar-refractivity contribution in [2.24, 2.45) is 0 Å². The summed E-state index contributed by atoms with van der Waals surface area (Å²) in [6, 6.07) is 5.55. The van der Waals surface area contributed by atoms with Crippen molar-refractivity contribution >= 4 is 17.7 Å². The fourth-order valence-electron chi connectivity index (χ4n) is 2.83. The minimum atomic E-state index is -0.513. The molecule has 1 aromatic rings. The number of nitrogens with zero attached hydrogens (tertiary/aromatic N) is 1. The highest BCUT2D eigenvalue weighted by molar-refractivity contribution is 5.81. The summed E-state index contributed by atoms with van der Waals surface area (Å²) in [7, 11) is 0. The van der Waals surface area contributed by atoms with Gasteiger partial charge in [0.05, 0.1) is 13.2 Å². The van der Waals surface area contributed by atoms with E-state index in [9.17, 15) is 9.59 Å². The Balaban J connectivity index is 1.73. The lowest BCUT2D eigenvalue weighted by atomic mass is 10.1. The van der Waals surface area contributed by atoms with E-state index >= 15 is 0 Å². The van der Waals surface area contributed by atoms with Crippen LogP contribution in [0.2, 0.25) is 0 Å². The minimum Gasteiger partial charge on any atom is -0.464 e. The third kappa shape index (κ3) is 3.41. The van der Waals surface area contributed by atoms with E-state index in [0.29, 0.717) is 26.1 Å². The molecule has 6 heteroatoms. The van der Waals surface area contributed by atoms with E-state index in [1.54, 1.807) is 4.90 Å². The predicted octanol–water partition coefficient (Wildman–Crippen LogP) is 2.66. The van der Waals surface area contributed by atoms with E-state index in [0.717, 1.165) is 16.8 Å². The zero-order valence-electron chi connectivity index (χ0n) is 13.7. The fraction of sp³-hybridized carbons (Fsp3) is 0.529. The molecule has 2 heterocycles. The van der Waals surface area contributed by atoms with Crippen molar-refractivity contribution in [2.45, 2.75) is 51.9 Å². The maximum absolute atomic E-state index is 12.2. The topological polar surface area (TPSA) is 67.9 Å². The third-order valence-electron chi connectivity index (χ3n) is 3.90. The van der Waals surface area contributed by atoms with Crippen LogP contribution in [0.1, 0.15) is 38.3 Å². The number of hydrogen-bond acceptors (Lipinski definition) is 5. The van der Waals surface area contributed by atoms with Crippen molar-refractivity contribution in [3.63, 3.8) is 0 Å². The molecule has 1 atom stereocenters. The molecule has 1 amide bonds. The molecule has 3 rings (SSSR count). The number of rotatable bonds is 2. The number of anilines is 1. The Hall–Kier alpha value is -2.24. The second kappa shape index (κ2) is 5.76. The highest BCUT2D eigenvalue weighted by atomic mass is 16.6. The lowest BCUT2D eigenvalue weighted by molar-refractivity contribution is -0.138. The molecule has 124 valence electrons. The van der Waals surface area contributed by atoms with Gasteiger partial charge in [-0.3, -0.25) is 4.90 Å². The maximum atomic E-state index is 12.2. The van der Waals surface area contributed by atoms with Gasteiger partial charge in [-0.15, -0.1) is 0 Å². The van der Waals surface area contributed by atoms with Gasteiger partial charge in [0, 0.05) is 18.7 Å². The zero-order chi connectivity index (χ0) is 16.6. The Bertz CT molecular complexity index is 636. The molecule has 23 heavy (non-hydrogen) atoms. The number of amides is 1. The first-order valence-corrected chi connectivity index (χ1v) is 7.85. The lowest BCUT2D eigenvalue weighted by Crippen LogP contribution is -2.33. The van der Waals surface area contributed by atoms with Gasteiger partial charge in [-0.25, -0.2) is 9.59 Å². The molecule has 1 saturated heterocycles. The summed E-state index contributed by atoms with van der Waals surface area (Å²) >= 11 is 0. The average molecular weight is 318 g/mol. The first-order chi connectivity index (χ1) is 10.8. The SMILES string of the molecule is CC(C)(C)OC(=O)N1Cc2cccc(NC3CCOC3=O)c2C1. The van der Waals surface area contributed by atoms with E-state index < -0.39 is 5.60 Å². The first-order valence-electron chi connectivity index (χ1n) is 7.85. The van der Waals surface area contributed by atoms with Crippen molar-refractivity contribution in [1.29, 1.82) is 0 Å². The fourth-order valence-corrected chi connectivity index (χ4v) is 2.83. The Morgan fingerprint density at radius 3 is 2.78 bits per heavy atom. The summed E-state index contributed by atoms with van der Waals surface area (Å²) in [5.41, 5.74) is 2.49. The van der Waals surface area contributed by atoms with Crippen LogP contribution < -0.4 is 5.32 Å². The van der Waals surface area contributed by atoms with Crippen LogP contribution >= 0.6 is 0 Å². The molecule has 2 aliphatic rings. The normalized spacial score (nSPS) is 20.2. The Kier molecular flexibility index (Phi) is 3.92. The van der Waals surface area contributed by atoms with Crippen LogP contribution in [0.3, 0.4) is 0 Å². The van der Waals surface area contributed by atoms with Gasteiger partial charge < -0.3 is 14.8 Å². The number of carbonyl (C=O) groups excluding carboxylic acids is 2. The second-order valence-corrected chi connectivity index (χ2v) is 6.93. The van der Waals surface area contributed by atoms with E-state index in [-0.39, 0.29) is 18.1 Å². The second-order valence-electron chi connectivity index (χ2n) is 6.93. The Morgan fingerprint density at radius 1 is 1.35 bits per heavy atom. The molecular formula is C17H22N2O4. The van der Waals surface area contributed by atoms with Gasteiger partial charge >= 0.3 is 12.1 Å². The van der Waals surface area contributed by atoms with Crippen LogP contribution in [0.15, 0.2) is 18.2 Å². The van der Waals surface area contributed by atoms with E-state index in [1.807, 2.05) is 39.0 Å². The van der Waals surface area contributed by atoms with E-state index in [4.69, 9.17) is 9.47 Å². The standard InChI is InChI=1S/C17H22N2O4/c1-17(2,3)23-16(21)19-9-11-5-4-6-13(12(11)10-19)18-14-7-8-22-15(14)20/h4-6,14,18H,7-10H2,1-3H3. The van der Waals surface area contributed by atoms with Crippen molar-refractivity contribution < 1.29 is 19.1 Å². The van der Waals surface area contributed by atoms with E-state index in [1.165, 1.54) is 0 Å². The molecule has 0 spiro atoms. The quantitative estimate of drug-likeness (QED) is 0.849. The monoisotopic (exact) mass is 318 g/mol. The van der Waals surface area contributed by atoms with Gasteiger partial charge in [0.1, 0.15) is 11.6 Å². The summed E-state index contributed by atoms with van der Waals surface area (Å²) in [5.74, 6) is -0.218. The van der Waals surface area contributed by atoms with Crippen LogP contribution in [-0.2, 0) is 27.4 Å². The maximum Gasteiger partial charge on any atom is 0.410 e. The Morgan fingerprint density at radius 2 is 2.13 bits per heavy atom. The van der Waals surface area contributed by atoms with Crippen LogP contribution in [-0.4, -0.2) is 35.2 Å². The number of carbonyl (C=O) groups is 2. The van der Waals surface area contributed by atoms with E-state index in [2.05, 4.69) is 5.32 Å². The number of benzene rings is 1. The van der Waals surface area contributed by atoms with Gasteiger partial charge in [-0.05, 0) is 38.0 Å². The summed E-state index contributed by atoms with van der Waals surface area (Å²) in [6.07, 6.45) is 0.345. The highest BCUT2D eigenvalue weighted by Crippen LogP contribution is 2.31. The largest absolute Gasteiger partial charge is 0.464 e. The molecule has 0 aromatic heterocycles. The minimum absolute atomic E-state index is 0.218. The number of ether oxygens (including phenoxy) is 2. The molecule has 1 fully saturated rings. The van der Waals surface area contributed by atoms with Gasteiger partial charge in [0.25, 0.3) is 0 Å².